The molecule has 0 aromatic carbocycles. The van der Waals surface area contributed by atoms with E-state index in [1.165, 1.54) is 0 Å². The van der Waals surface area contributed by atoms with Crippen LogP contribution in [-0.2, 0) is 12.4 Å². The van der Waals surface area contributed by atoms with E-state index in [4.69, 9.17) is 11.6 Å². The predicted octanol–water partition coefficient (Wildman–Crippen LogP) is 2.49. The van der Waals surface area contributed by atoms with E-state index < -0.39 is 0 Å². The Hall–Kier alpha value is -0.650. The molecule has 0 aliphatic heterocycles. The molecule has 2 aromatic rings. The normalized spacial score (nSPS) is 11.6. The first kappa shape index (κ1) is 12.8. The van der Waals surface area contributed by atoms with Crippen LogP contribution in [0.2, 0.25) is 0 Å². The monoisotopic (exact) mass is 316 g/mol. The first-order valence-corrected chi connectivity index (χ1v) is 6.66. The van der Waals surface area contributed by atoms with Gasteiger partial charge < -0.3 is 9.47 Å². The lowest BCUT2D eigenvalue weighted by Crippen LogP contribution is -2.19. The molecule has 0 aliphatic carbocycles. The van der Waals surface area contributed by atoms with Gasteiger partial charge in [0.15, 0.2) is 5.65 Å². The lowest BCUT2D eigenvalue weighted by molar-refractivity contribution is 0.384. The zero-order valence-electron chi connectivity index (χ0n) is 9.82. The molecule has 0 spiro atoms. The summed E-state index contributed by atoms with van der Waals surface area (Å²) in [4.78, 5) is 11.0. The number of halogens is 2. The summed E-state index contributed by atoms with van der Waals surface area (Å²) < 4.78 is 3.01. The third-order valence-electron chi connectivity index (χ3n) is 2.52. The highest BCUT2D eigenvalue weighted by molar-refractivity contribution is 9.10. The number of imidazole rings is 1. The molecular weight excluding hydrogens is 304 g/mol. The van der Waals surface area contributed by atoms with Crippen LogP contribution in [0, 0.1) is 0 Å². The zero-order valence-corrected chi connectivity index (χ0v) is 12.2. The lowest BCUT2D eigenvalue weighted by Gasteiger charge is -2.11. The van der Waals surface area contributed by atoms with Crippen LogP contribution in [0.1, 0.15) is 5.82 Å². The summed E-state index contributed by atoms with van der Waals surface area (Å²) in [6.07, 6.45) is 1.79. The minimum Gasteiger partial charge on any atom is -0.310 e. The van der Waals surface area contributed by atoms with Crippen molar-refractivity contribution < 1.29 is 0 Å². The first-order valence-electron chi connectivity index (χ1n) is 5.33. The number of hydrogen-bond donors (Lipinski definition) is 0. The van der Waals surface area contributed by atoms with E-state index in [9.17, 15) is 0 Å². The van der Waals surface area contributed by atoms with E-state index in [0.29, 0.717) is 5.88 Å². The standard InChI is InChI=1S/C11H14BrClN4/c1-16(2)3-4-17-10(6-13)15-9-5-8(12)7-14-11(9)17/h5,7H,3-4,6H2,1-2H3. The molecule has 6 heteroatoms. The second-order valence-corrected chi connectivity index (χ2v) is 5.30. The largest absolute Gasteiger partial charge is 0.310 e. The molecule has 0 aliphatic rings. The smallest absolute Gasteiger partial charge is 0.160 e. The molecule has 0 radical (unpaired) electrons. The minimum absolute atomic E-state index is 0.404. The van der Waals surface area contributed by atoms with Crippen LogP contribution in [0.3, 0.4) is 0 Å². The molecule has 0 unspecified atom stereocenters. The van der Waals surface area contributed by atoms with Crippen molar-refractivity contribution in [2.75, 3.05) is 20.6 Å². The van der Waals surface area contributed by atoms with Gasteiger partial charge in [0, 0.05) is 23.8 Å². The number of pyridine rings is 1. The Morgan fingerprint density at radius 2 is 2.24 bits per heavy atom. The van der Waals surface area contributed by atoms with Gasteiger partial charge in [0.25, 0.3) is 0 Å². The third-order valence-corrected chi connectivity index (χ3v) is 3.19. The van der Waals surface area contributed by atoms with Gasteiger partial charge in [-0.1, -0.05) is 0 Å². The van der Waals surface area contributed by atoms with Crippen LogP contribution in [-0.4, -0.2) is 40.1 Å². The number of hydrogen-bond acceptors (Lipinski definition) is 3. The van der Waals surface area contributed by atoms with Crippen molar-refractivity contribution in [2.45, 2.75) is 12.4 Å². The van der Waals surface area contributed by atoms with Gasteiger partial charge in [0.1, 0.15) is 11.3 Å². The van der Waals surface area contributed by atoms with E-state index in [0.717, 1.165) is 34.6 Å². The van der Waals surface area contributed by atoms with Crippen LogP contribution < -0.4 is 0 Å². The first-order chi connectivity index (χ1) is 8.11. The van der Waals surface area contributed by atoms with Gasteiger partial charge in [-0.3, -0.25) is 0 Å². The van der Waals surface area contributed by atoms with Crippen LogP contribution >= 0.6 is 27.5 Å². The summed E-state index contributed by atoms with van der Waals surface area (Å²) in [7, 11) is 4.09. The number of alkyl halides is 1. The van der Waals surface area contributed by atoms with Crippen molar-refractivity contribution in [1.82, 2.24) is 19.4 Å². The van der Waals surface area contributed by atoms with Crippen LogP contribution in [0.5, 0.6) is 0 Å². The molecule has 0 fully saturated rings. The van der Waals surface area contributed by atoms with Gasteiger partial charge in [0.05, 0.1) is 5.88 Å². The summed E-state index contributed by atoms with van der Waals surface area (Å²) in [5, 5.41) is 0. The zero-order chi connectivity index (χ0) is 12.4. The molecule has 0 N–H and O–H groups in total. The van der Waals surface area contributed by atoms with Gasteiger partial charge in [-0.15, -0.1) is 11.6 Å². The van der Waals surface area contributed by atoms with Crippen molar-refractivity contribution in [3.05, 3.63) is 22.6 Å². The van der Waals surface area contributed by atoms with Gasteiger partial charge in [-0.25, -0.2) is 9.97 Å². The van der Waals surface area contributed by atoms with Gasteiger partial charge in [0.2, 0.25) is 0 Å². The van der Waals surface area contributed by atoms with Crippen LogP contribution in [0.4, 0.5) is 0 Å². The van der Waals surface area contributed by atoms with E-state index in [-0.39, 0.29) is 0 Å². The number of aromatic nitrogens is 3. The predicted molar refractivity (Wildman–Crippen MR) is 73.3 cm³/mol. The summed E-state index contributed by atoms with van der Waals surface area (Å²) in [5.41, 5.74) is 1.78. The molecule has 2 rings (SSSR count). The fourth-order valence-electron chi connectivity index (χ4n) is 1.67. The highest BCUT2D eigenvalue weighted by Crippen LogP contribution is 2.19. The topological polar surface area (TPSA) is 34.0 Å². The Morgan fingerprint density at radius 3 is 2.88 bits per heavy atom. The maximum atomic E-state index is 5.92. The van der Waals surface area contributed by atoms with E-state index in [1.54, 1.807) is 6.20 Å². The fourth-order valence-corrected chi connectivity index (χ4v) is 2.19. The number of likely N-dealkylation sites (N-methyl/N-ethyl adjacent to an activating group) is 1. The van der Waals surface area contributed by atoms with Crippen LogP contribution in [0.15, 0.2) is 16.7 Å². The highest BCUT2D eigenvalue weighted by Gasteiger charge is 2.11. The molecule has 0 atom stereocenters. The Morgan fingerprint density at radius 1 is 1.47 bits per heavy atom. The molecule has 0 saturated heterocycles. The van der Waals surface area contributed by atoms with E-state index in [2.05, 4.69) is 35.4 Å². The van der Waals surface area contributed by atoms with Gasteiger partial charge in [-0.2, -0.15) is 0 Å². The van der Waals surface area contributed by atoms with Gasteiger partial charge >= 0.3 is 0 Å². The molecular formula is C11H14BrClN4. The molecule has 17 heavy (non-hydrogen) atoms. The Labute approximate surface area is 114 Å². The van der Waals surface area contributed by atoms with Crippen molar-refractivity contribution in [3.8, 4) is 0 Å². The highest BCUT2D eigenvalue weighted by atomic mass is 79.9. The summed E-state index contributed by atoms with van der Waals surface area (Å²) in [6, 6.07) is 1.96. The second kappa shape index (κ2) is 5.33. The average Bonchev–Trinajstić information content (AvgIpc) is 2.63. The van der Waals surface area contributed by atoms with Crippen LogP contribution in [0.25, 0.3) is 11.2 Å². The maximum absolute atomic E-state index is 5.92. The molecule has 0 amide bonds. The van der Waals surface area contributed by atoms with Crippen molar-refractivity contribution >= 4 is 38.7 Å². The van der Waals surface area contributed by atoms with E-state index in [1.807, 2.05) is 20.2 Å². The molecule has 2 aromatic heterocycles. The summed E-state index contributed by atoms with van der Waals surface area (Å²) in [6.45, 7) is 1.78. The Balaban J connectivity index is 2.43. The maximum Gasteiger partial charge on any atom is 0.160 e. The van der Waals surface area contributed by atoms with Crippen molar-refractivity contribution in [1.29, 1.82) is 0 Å². The minimum atomic E-state index is 0.404. The lowest BCUT2D eigenvalue weighted by atomic mass is 10.4. The Bertz CT molecular complexity index is 523. The molecule has 4 nitrogen and oxygen atoms in total. The fraction of sp³-hybridized carbons (Fsp3) is 0.455. The third kappa shape index (κ3) is 2.78. The quantitative estimate of drug-likeness (QED) is 0.813. The number of fused-ring (bicyclic) bond motifs is 1. The average molecular weight is 318 g/mol. The van der Waals surface area contributed by atoms with Crippen molar-refractivity contribution in [2.24, 2.45) is 0 Å². The molecule has 92 valence electrons. The molecule has 2 heterocycles. The van der Waals surface area contributed by atoms with E-state index >= 15 is 0 Å². The summed E-state index contributed by atoms with van der Waals surface area (Å²) >= 11 is 9.32. The second-order valence-electron chi connectivity index (χ2n) is 4.11. The Kier molecular flexibility index (Phi) is 4.01. The SMILES string of the molecule is CN(C)CCn1c(CCl)nc2cc(Br)cnc21. The number of rotatable bonds is 4. The molecule has 0 bridgehead atoms. The summed E-state index contributed by atoms with van der Waals surface area (Å²) in [5.74, 6) is 1.27. The van der Waals surface area contributed by atoms with Gasteiger partial charge in [-0.05, 0) is 36.1 Å². The van der Waals surface area contributed by atoms with Crippen molar-refractivity contribution in [3.63, 3.8) is 0 Å². The number of nitrogens with zero attached hydrogens (tertiary/aromatic N) is 4. The molecule has 0 saturated carbocycles.